The summed E-state index contributed by atoms with van der Waals surface area (Å²) in [5.41, 5.74) is -0.537. The fraction of sp³-hybridized carbons (Fsp3) is 0.308. The van der Waals surface area contributed by atoms with E-state index in [4.69, 9.17) is 9.47 Å². The van der Waals surface area contributed by atoms with Gasteiger partial charge in [0.25, 0.3) is 0 Å². The van der Waals surface area contributed by atoms with Gasteiger partial charge in [-0.2, -0.15) is 0 Å². The van der Waals surface area contributed by atoms with Gasteiger partial charge in [0.15, 0.2) is 0 Å². The summed E-state index contributed by atoms with van der Waals surface area (Å²) >= 11 is 0. The number of esters is 1. The third kappa shape index (κ3) is 2.03. The minimum atomic E-state index is -1.41. The van der Waals surface area contributed by atoms with Crippen LogP contribution in [0.15, 0.2) is 30.3 Å². The van der Waals surface area contributed by atoms with Crippen molar-refractivity contribution in [3.63, 3.8) is 0 Å². The van der Waals surface area contributed by atoms with E-state index in [0.717, 1.165) is 5.56 Å². The molecule has 1 heterocycles. The number of fused-ring (bicyclic) bond motifs is 1. The van der Waals surface area contributed by atoms with E-state index in [-0.39, 0.29) is 6.61 Å². The third-order valence-electron chi connectivity index (χ3n) is 2.60. The summed E-state index contributed by atoms with van der Waals surface area (Å²) in [5.74, 6) is -0.00893. The summed E-state index contributed by atoms with van der Waals surface area (Å²) in [7, 11) is 0. The monoisotopic (exact) mass is 234 g/mol. The normalized spacial score (nSPS) is 21.5. The van der Waals surface area contributed by atoms with Crippen molar-refractivity contribution in [2.45, 2.75) is 12.5 Å². The Morgan fingerprint density at radius 3 is 2.94 bits per heavy atom. The number of benzene rings is 1. The van der Waals surface area contributed by atoms with Crippen LogP contribution < -0.4 is 4.74 Å². The van der Waals surface area contributed by atoms with E-state index in [1.807, 2.05) is 18.2 Å². The molecule has 90 valence electrons. The van der Waals surface area contributed by atoms with E-state index in [2.05, 4.69) is 0 Å². The number of aliphatic hydroxyl groups excluding tert-OH is 1. The van der Waals surface area contributed by atoms with Crippen LogP contribution in [-0.2, 0) is 9.53 Å². The number of para-hydroxylation sites is 1. The van der Waals surface area contributed by atoms with Crippen molar-refractivity contribution in [2.24, 2.45) is 0 Å². The Labute approximate surface area is 99.5 Å². The number of rotatable bonds is 3. The van der Waals surface area contributed by atoms with Gasteiger partial charge in [-0.3, -0.25) is 0 Å². The molecule has 0 saturated carbocycles. The first-order valence-electron chi connectivity index (χ1n) is 5.47. The summed E-state index contributed by atoms with van der Waals surface area (Å²) in [6, 6.07) is 7.31. The highest BCUT2D eigenvalue weighted by Crippen LogP contribution is 2.31. The molecule has 1 aliphatic heterocycles. The quantitative estimate of drug-likeness (QED) is 0.803. The predicted octanol–water partition coefficient (Wildman–Crippen LogP) is 1.39. The van der Waals surface area contributed by atoms with Crippen LogP contribution in [0.5, 0.6) is 5.75 Å². The van der Waals surface area contributed by atoms with Gasteiger partial charge in [0, 0.05) is 5.56 Å². The second-order valence-corrected chi connectivity index (χ2v) is 3.74. The predicted molar refractivity (Wildman–Crippen MR) is 62.6 cm³/mol. The molecule has 0 fully saturated rings. The van der Waals surface area contributed by atoms with Crippen LogP contribution in [0, 0.1) is 0 Å². The molecule has 4 heteroatoms. The zero-order valence-corrected chi connectivity index (χ0v) is 9.55. The topological polar surface area (TPSA) is 55.8 Å². The molecule has 1 aromatic carbocycles. The van der Waals surface area contributed by atoms with Crippen LogP contribution in [0.1, 0.15) is 12.5 Å². The number of carbonyl (C=O) groups is 1. The minimum Gasteiger partial charge on any atom is -0.468 e. The summed E-state index contributed by atoms with van der Waals surface area (Å²) in [6.45, 7) is 1.51. The molecule has 0 saturated heterocycles. The van der Waals surface area contributed by atoms with E-state index in [9.17, 15) is 9.90 Å². The van der Waals surface area contributed by atoms with Gasteiger partial charge in [0.2, 0.25) is 5.60 Å². The van der Waals surface area contributed by atoms with Crippen molar-refractivity contribution < 1.29 is 19.4 Å². The standard InChI is InChI=1S/C13H14O4/c1-2-16-12(15)13(9-14)8-7-10-5-3-4-6-11(10)17-13/h3-8,14H,2,9H2,1H3. The molecular weight excluding hydrogens is 220 g/mol. The SMILES string of the molecule is CCOC(=O)C1(CO)C=Cc2ccccc2O1. The zero-order chi connectivity index (χ0) is 12.3. The molecule has 1 aliphatic rings. The Hall–Kier alpha value is -1.81. The number of hydrogen-bond acceptors (Lipinski definition) is 4. The highest BCUT2D eigenvalue weighted by molar-refractivity contribution is 5.85. The van der Waals surface area contributed by atoms with Crippen LogP contribution >= 0.6 is 0 Å². The highest BCUT2D eigenvalue weighted by Gasteiger charge is 2.41. The maximum absolute atomic E-state index is 11.8. The first-order valence-corrected chi connectivity index (χ1v) is 5.47. The van der Waals surface area contributed by atoms with Crippen LogP contribution in [0.25, 0.3) is 6.08 Å². The third-order valence-corrected chi connectivity index (χ3v) is 2.60. The van der Waals surface area contributed by atoms with Gasteiger partial charge < -0.3 is 14.6 Å². The van der Waals surface area contributed by atoms with E-state index < -0.39 is 18.2 Å². The van der Waals surface area contributed by atoms with Crippen LogP contribution in [0.4, 0.5) is 0 Å². The molecule has 17 heavy (non-hydrogen) atoms. The molecule has 1 N–H and O–H groups in total. The van der Waals surface area contributed by atoms with E-state index >= 15 is 0 Å². The Morgan fingerprint density at radius 2 is 2.24 bits per heavy atom. The highest BCUT2D eigenvalue weighted by atomic mass is 16.6. The Morgan fingerprint density at radius 1 is 1.47 bits per heavy atom. The number of ether oxygens (including phenoxy) is 2. The lowest BCUT2D eigenvalue weighted by molar-refractivity contribution is -0.160. The van der Waals surface area contributed by atoms with Crippen LogP contribution in [0.2, 0.25) is 0 Å². The molecule has 1 atom stereocenters. The fourth-order valence-corrected chi connectivity index (χ4v) is 1.68. The van der Waals surface area contributed by atoms with Crippen LogP contribution in [-0.4, -0.2) is 29.9 Å². The number of hydrogen-bond donors (Lipinski definition) is 1. The molecule has 2 rings (SSSR count). The summed E-state index contributed by atoms with van der Waals surface area (Å²) in [6.07, 6.45) is 3.29. The van der Waals surface area contributed by atoms with E-state index in [1.54, 1.807) is 19.1 Å². The van der Waals surface area contributed by atoms with Crippen molar-refractivity contribution in [3.05, 3.63) is 35.9 Å². The number of carbonyl (C=O) groups excluding carboxylic acids is 1. The molecule has 0 bridgehead atoms. The Balaban J connectivity index is 2.33. The van der Waals surface area contributed by atoms with Crippen molar-refractivity contribution in [3.8, 4) is 5.75 Å². The fourth-order valence-electron chi connectivity index (χ4n) is 1.68. The summed E-state index contributed by atoms with van der Waals surface area (Å²) < 4.78 is 10.5. The lowest BCUT2D eigenvalue weighted by Crippen LogP contribution is -2.48. The van der Waals surface area contributed by atoms with Gasteiger partial charge in [-0.25, -0.2) is 4.79 Å². The molecular formula is C13H14O4. The maximum atomic E-state index is 11.8. The Bertz CT molecular complexity index is 452. The van der Waals surface area contributed by atoms with Gasteiger partial charge in [0.05, 0.1) is 13.2 Å². The maximum Gasteiger partial charge on any atom is 0.357 e. The average Bonchev–Trinajstić information content (AvgIpc) is 2.38. The van der Waals surface area contributed by atoms with Gasteiger partial charge >= 0.3 is 5.97 Å². The van der Waals surface area contributed by atoms with Crippen molar-refractivity contribution >= 4 is 12.0 Å². The van der Waals surface area contributed by atoms with Crippen molar-refractivity contribution in [1.29, 1.82) is 0 Å². The summed E-state index contributed by atoms with van der Waals surface area (Å²) in [4.78, 5) is 11.8. The molecule has 4 nitrogen and oxygen atoms in total. The second-order valence-electron chi connectivity index (χ2n) is 3.74. The minimum absolute atomic E-state index is 0.249. The van der Waals surface area contributed by atoms with Gasteiger partial charge in [-0.05, 0) is 19.1 Å². The molecule has 1 unspecified atom stereocenters. The molecule has 0 amide bonds. The Kier molecular flexibility index (Phi) is 3.15. The largest absolute Gasteiger partial charge is 0.468 e. The van der Waals surface area contributed by atoms with E-state index in [1.165, 1.54) is 6.08 Å². The van der Waals surface area contributed by atoms with Crippen molar-refractivity contribution in [2.75, 3.05) is 13.2 Å². The smallest absolute Gasteiger partial charge is 0.357 e. The lowest BCUT2D eigenvalue weighted by atomic mass is 9.99. The van der Waals surface area contributed by atoms with Crippen LogP contribution in [0.3, 0.4) is 0 Å². The van der Waals surface area contributed by atoms with Gasteiger partial charge in [-0.15, -0.1) is 0 Å². The van der Waals surface area contributed by atoms with Crippen molar-refractivity contribution in [1.82, 2.24) is 0 Å². The van der Waals surface area contributed by atoms with E-state index in [0.29, 0.717) is 5.75 Å². The number of aliphatic hydroxyl groups is 1. The average molecular weight is 234 g/mol. The first-order chi connectivity index (χ1) is 8.22. The molecule has 0 spiro atoms. The molecule has 1 aromatic rings. The summed E-state index contributed by atoms with van der Waals surface area (Å²) in [5, 5.41) is 9.39. The van der Waals surface area contributed by atoms with Gasteiger partial charge in [0.1, 0.15) is 5.75 Å². The lowest BCUT2D eigenvalue weighted by Gasteiger charge is -2.30. The first kappa shape index (κ1) is 11.7. The molecule has 0 aliphatic carbocycles. The second kappa shape index (κ2) is 4.59. The molecule has 0 radical (unpaired) electrons. The zero-order valence-electron chi connectivity index (χ0n) is 9.55. The molecule has 0 aromatic heterocycles. The van der Waals surface area contributed by atoms with Gasteiger partial charge in [-0.1, -0.05) is 24.3 Å².